The van der Waals surface area contributed by atoms with Crippen LogP contribution in [0.2, 0.25) is 0 Å². The second-order valence-corrected chi connectivity index (χ2v) is 8.38. The summed E-state index contributed by atoms with van der Waals surface area (Å²) in [5, 5.41) is 2.43. The van der Waals surface area contributed by atoms with E-state index in [9.17, 15) is 31.9 Å². The SMILES string of the molecule is CC(C)(C)CN(CC(F)(F)F)C(=O)CN1C(=O)NC(C)(c2ccc(F)cc2)C1=O. The van der Waals surface area contributed by atoms with Gasteiger partial charge in [-0.2, -0.15) is 13.2 Å². The zero-order valence-electron chi connectivity index (χ0n) is 16.6. The van der Waals surface area contributed by atoms with Crippen LogP contribution in [-0.2, 0) is 15.1 Å². The van der Waals surface area contributed by atoms with Crippen LogP contribution in [0.5, 0.6) is 0 Å². The number of carbonyl (C=O) groups excluding carboxylic acids is 3. The molecule has 1 unspecified atom stereocenters. The zero-order chi connectivity index (χ0) is 22.2. The average Bonchev–Trinajstić information content (AvgIpc) is 2.76. The molecule has 0 aliphatic carbocycles. The highest BCUT2D eigenvalue weighted by molar-refractivity contribution is 6.09. The first-order valence-electron chi connectivity index (χ1n) is 8.87. The standard InChI is InChI=1S/C19H23F4N3O3/c1-17(2,3)10-25(11-19(21,22)23)14(27)9-26-15(28)18(4,24-16(26)29)12-5-7-13(20)8-6-12/h5-8H,9-11H2,1-4H3,(H,24,29). The molecule has 0 spiro atoms. The molecule has 0 bridgehead atoms. The first-order chi connectivity index (χ1) is 13.1. The second kappa shape index (κ2) is 7.64. The average molecular weight is 417 g/mol. The van der Waals surface area contributed by atoms with E-state index >= 15 is 0 Å². The van der Waals surface area contributed by atoms with Crippen LogP contribution in [0.15, 0.2) is 24.3 Å². The quantitative estimate of drug-likeness (QED) is 0.592. The lowest BCUT2D eigenvalue weighted by Gasteiger charge is -2.31. The predicted octanol–water partition coefficient (Wildman–Crippen LogP) is 3.03. The molecule has 29 heavy (non-hydrogen) atoms. The number of hydrogen-bond acceptors (Lipinski definition) is 3. The van der Waals surface area contributed by atoms with Crippen LogP contribution < -0.4 is 5.32 Å². The zero-order valence-corrected chi connectivity index (χ0v) is 16.6. The number of amides is 4. The third kappa shape index (κ3) is 5.45. The maximum Gasteiger partial charge on any atom is 0.406 e. The molecule has 2 rings (SSSR count). The molecule has 1 aromatic rings. The smallest absolute Gasteiger partial charge is 0.332 e. The van der Waals surface area contributed by atoms with Crippen molar-refractivity contribution >= 4 is 17.8 Å². The first-order valence-corrected chi connectivity index (χ1v) is 8.87. The van der Waals surface area contributed by atoms with Gasteiger partial charge < -0.3 is 10.2 Å². The molecule has 6 nitrogen and oxygen atoms in total. The minimum absolute atomic E-state index is 0.204. The van der Waals surface area contributed by atoms with E-state index in [0.29, 0.717) is 9.80 Å². The Morgan fingerprint density at radius 1 is 1.10 bits per heavy atom. The first kappa shape index (κ1) is 22.6. The number of benzene rings is 1. The van der Waals surface area contributed by atoms with E-state index in [-0.39, 0.29) is 12.1 Å². The summed E-state index contributed by atoms with van der Waals surface area (Å²) in [6.45, 7) is 3.88. The van der Waals surface area contributed by atoms with Gasteiger partial charge in [-0.3, -0.25) is 14.5 Å². The van der Waals surface area contributed by atoms with E-state index < -0.39 is 53.9 Å². The molecule has 0 saturated carbocycles. The maximum atomic E-state index is 13.2. The van der Waals surface area contributed by atoms with Crippen molar-refractivity contribution in [2.75, 3.05) is 19.6 Å². The summed E-state index contributed by atoms with van der Waals surface area (Å²) >= 11 is 0. The van der Waals surface area contributed by atoms with Gasteiger partial charge in [-0.05, 0) is 30.0 Å². The van der Waals surface area contributed by atoms with Crippen molar-refractivity contribution in [3.8, 4) is 0 Å². The van der Waals surface area contributed by atoms with Crippen LogP contribution in [0.4, 0.5) is 22.4 Å². The van der Waals surface area contributed by atoms with E-state index in [4.69, 9.17) is 0 Å². The Kier molecular flexibility index (Phi) is 5.97. The molecule has 1 aromatic carbocycles. The molecular weight excluding hydrogens is 394 g/mol. The number of hydrogen-bond donors (Lipinski definition) is 1. The van der Waals surface area contributed by atoms with Crippen molar-refractivity contribution in [2.24, 2.45) is 5.41 Å². The molecule has 1 aliphatic heterocycles. The molecule has 1 aliphatic rings. The van der Waals surface area contributed by atoms with Crippen molar-refractivity contribution < 1.29 is 31.9 Å². The van der Waals surface area contributed by atoms with E-state index in [1.165, 1.54) is 19.1 Å². The number of nitrogens with one attached hydrogen (secondary N) is 1. The summed E-state index contributed by atoms with van der Waals surface area (Å²) in [5.74, 6) is -2.33. The molecule has 1 N–H and O–H groups in total. The number of urea groups is 1. The fourth-order valence-corrected chi connectivity index (χ4v) is 3.08. The van der Waals surface area contributed by atoms with E-state index in [2.05, 4.69) is 5.32 Å². The highest BCUT2D eigenvalue weighted by Gasteiger charge is 2.50. The number of imide groups is 1. The van der Waals surface area contributed by atoms with E-state index in [0.717, 1.165) is 12.1 Å². The lowest BCUT2D eigenvalue weighted by atomic mass is 9.92. The van der Waals surface area contributed by atoms with Gasteiger partial charge in [-0.25, -0.2) is 9.18 Å². The third-order valence-corrected chi connectivity index (χ3v) is 4.38. The van der Waals surface area contributed by atoms with Crippen LogP contribution in [-0.4, -0.2) is 53.5 Å². The van der Waals surface area contributed by atoms with Crippen molar-refractivity contribution in [3.05, 3.63) is 35.6 Å². The van der Waals surface area contributed by atoms with Crippen LogP contribution in [0, 0.1) is 11.2 Å². The lowest BCUT2D eigenvalue weighted by molar-refractivity contribution is -0.164. The fourth-order valence-electron chi connectivity index (χ4n) is 3.08. The molecule has 1 saturated heterocycles. The van der Waals surface area contributed by atoms with Crippen molar-refractivity contribution in [1.29, 1.82) is 0 Å². The Morgan fingerprint density at radius 2 is 1.66 bits per heavy atom. The molecule has 1 heterocycles. The topological polar surface area (TPSA) is 69.7 Å². The summed E-state index contributed by atoms with van der Waals surface area (Å²) in [5.41, 5.74) is -1.89. The van der Waals surface area contributed by atoms with Crippen molar-refractivity contribution in [3.63, 3.8) is 0 Å². The Balaban J connectivity index is 2.22. The molecule has 4 amide bonds. The van der Waals surface area contributed by atoms with Gasteiger partial charge in [0.25, 0.3) is 5.91 Å². The van der Waals surface area contributed by atoms with Gasteiger partial charge in [0.15, 0.2) is 0 Å². The summed E-state index contributed by atoms with van der Waals surface area (Å²) in [4.78, 5) is 38.8. The van der Waals surface area contributed by atoms with Gasteiger partial charge in [0.2, 0.25) is 5.91 Å². The van der Waals surface area contributed by atoms with Gasteiger partial charge in [0, 0.05) is 6.54 Å². The summed E-state index contributed by atoms with van der Waals surface area (Å²) in [6, 6.07) is 3.95. The summed E-state index contributed by atoms with van der Waals surface area (Å²) in [7, 11) is 0. The predicted molar refractivity (Wildman–Crippen MR) is 96.1 cm³/mol. The highest BCUT2D eigenvalue weighted by atomic mass is 19.4. The van der Waals surface area contributed by atoms with Crippen molar-refractivity contribution in [2.45, 2.75) is 39.4 Å². The molecular formula is C19H23F4N3O3. The molecule has 160 valence electrons. The molecule has 1 atom stereocenters. The third-order valence-electron chi connectivity index (χ3n) is 4.38. The number of halogens is 4. The van der Waals surface area contributed by atoms with Crippen LogP contribution in [0.25, 0.3) is 0 Å². The molecule has 0 aromatic heterocycles. The monoisotopic (exact) mass is 417 g/mol. The lowest BCUT2D eigenvalue weighted by Crippen LogP contribution is -2.49. The fraction of sp³-hybridized carbons (Fsp3) is 0.526. The summed E-state index contributed by atoms with van der Waals surface area (Å²) < 4.78 is 51.9. The van der Waals surface area contributed by atoms with Crippen LogP contribution in [0.3, 0.4) is 0 Å². The number of rotatable bonds is 5. The van der Waals surface area contributed by atoms with Gasteiger partial charge in [-0.1, -0.05) is 32.9 Å². The van der Waals surface area contributed by atoms with Crippen LogP contribution in [0.1, 0.15) is 33.3 Å². The minimum atomic E-state index is -4.62. The van der Waals surface area contributed by atoms with Gasteiger partial charge in [0.1, 0.15) is 24.4 Å². The molecule has 0 radical (unpaired) electrons. The largest absolute Gasteiger partial charge is 0.406 e. The Hall–Kier alpha value is -2.65. The number of carbonyl (C=O) groups is 3. The van der Waals surface area contributed by atoms with Gasteiger partial charge in [0.05, 0.1) is 0 Å². The number of alkyl halides is 3. The summed E-state index contributed by atoms with van der Waals surface area (Å²) in [6.07, 6.45) is -4.62. The highest BCUT2D eigenvalue weighted by Crippen LogP contribution is 2.29. The Bertz CT molecular complexity index is 786. The second-order valence-electron chi connectivity index (χ2n) is 8.38. The Labute approximate surface area is 165 Å². The minimum Gasteiger partial charge on any atom is -0.332 e. The molecule has 10 heteroatoms. The van der Waals surface area contributed by atoms with E-state index in [1.54, 1.807) is 20.8 Å². The Morgan fingerprint density at radius 3 is 2.14 bits per heavy atom. The normalized spacial score (nSPS) is 20.1. The van der Waals surface area contributed by atoms with Gasteiger partial charge >= 0.3 is 12.2 Å². The maximum absolute atomic E-state index is 13.2. The van der Waals surface area contributed by atoms with Gasteiger partial charge in [-0.15, -0.1) is 0 Å². The van der Waals surface area contributed by atoms with Crippen molar-refractivity contribution in [1.82, 2.24) is 15.1 Å². The molecule has 1 fully saturated rings. The van der Waals surface area contributed by atoms with Crippen LogP contribution >= 0.6 is 0 Å². The number of nitrogens with zero attached hydrogens (tertiary/aromatic N) is 2. The van der Waals surface area contributed by atoms with E-state index in [1.807, 2.05) is 0 Å².